The highest BCUT2D eigenvalue weighted by atomic mass is 16.5. The van der Waals surface area contributed by atoms with Crippen molar-refractivity contribution in [1.82, 2.24) is 5.32 Å². The van der Waals surface area contributed by atoms with Crippen molar-refractivity contribution in [2.45, 2.75) is 39.7 Å². The summed E-state index contributed by atoms with van der Waals surface area (Å²) in [5, 5.41) is 3.38. The van der Waals surface area contributed by atoms with E-state index in [-0.39, 0.29) is 5.60 Å². The Kier molecular flexibility index (Phi) is 5.48. The van der Waals surface area contributed by atoms with E-state index < -0.39 is 0 Å². The summed E-state index contributed by atoms with van der Waals surface area (Å²) in [7, 11) is 1.67. The predicted molar refractivity (Wildman–Crippen MR) is 75.6 cm³/mol. The molecule has 0 saturated carbocycles. The van der Waals surface area contributed by atoms with Crippen molar-refractivity contribution in [1.29, 1.82) is 0 Å². The van der Waals surface area contributed by atoms with E-state index in [1.54, 1.807) is 7.11 Å². The van der Waals surface area contributed by atoms with Gasteiger partial charge in [-0.2, -0.15) is 0 Å². The fraction of sp³-hybridized carbons (Fsp3) is 0.600. The van der Waals surface area contributed by atoms with Gasteiger partial charge in [-0.15, -0.1) is 0 Å². The summed E-state index contributed by atoms with van der Waals surface area (Å²) in [5.41, 5.74) is 0.915. The van der Waals surface area contributed by atoms with Gasteiger partial charge in [0, 0.05) is 6.54 Å². The zero-order chi connectivity index (χ0) is 13.6. The van der Waals surface area contributed by atoms with Crippen molar-refractivity contribution in [3.8, 4) is 11.5 Å². The van der Waals surface area contributed by atoms with Crippen molar-refractivity contribution in [2.75, 3.05) is 20.2 Å². The van der Waals surface area contributed by atoms with Gasteiger partial charge in [-0.3, -0.25) is 0 Å². The molecule has 1 N–H and O–H groups in total. The van der Waals surface area contributed by atoms with Crippen molar-refractivity contribution < 1.29 is 9.47 Å². The Morgan fingerprint density at radius 3 is 2.56 bits per heavy atom. The van der Waals surface area contributed by atoms with E-state index in [1.165, 1.54) is 5.56 Å². The minimum absolute atomic E-state index is 0.252. The Morgan fingerprint density at radius 1 is 1.22 bits per heavy atom. The van der Waals surface area contributed by atoms with Crippen LogP contribution in [0.4, 0.5) is 0 Å². The molecular weight excluding hydrogens is 226 g/mol. The van der Waals surface area contributed by atoms with Crippen molar-refractivity contribution in [2.24, 2.45) is 0 Å². The zero-order valence-electron chi connectivity index (χ0n) is 12.2. The molecule has 3 heteroatoms. The Balaban J connectivity index is 2.70. The third-order valence-electron chi connectivity index (χ3n) is 2.68. The van der Waals surface area contributed by atoms with Crippen LogP contribution in [0.3, 0.4) is 0 Å². The van der Waals surface area contributed by atoms with Crippen LogP contribution in [0.25, 0.3) is 0 Å². The first-order valence-electron chi connectivity index (χ1n) is 6.53. The number of rotatable bonds is 7. The highest BCUT2D eigenvalue weighted by Gasteiger charge is 2.21. The molecule has 0 radical (unpaired) electrons. The van der Waals surface area contributed by atoms with Crippen LogP contribution in [0.15, 0.2) is 18.2 Å². The molecule has 3 nitrogen and oxygen atoms in total. The zero-order valence-corrected chi connectivity index (χ0v) is 12.2. The van der Waals surface area contributed by atoms with Gasteiger partial charge in [0.15, 0.2) is 11.5 Å². The van der Waals surface area contributed by atoms with Gasteiger partial charge in [0.1, 0.15) is 5.60 Å². The van der Waals surface area contributed by atoms with Crippen molar-refractivity contribution in [3.63, 3.8) is 0 Å². The Bertz CT molecular complexity index is 375. The molecule has 0 unspecified atom stereocenters. The van der Waals surface area contributed by atoms with Gasteiger partial charge in [-0.1, -0.05) is 13.0 Å². The molecule has 0 spiro atoms. The molecule has 0 aliphatic rings. The van der Waals surface area contributed by atoms with Gasteiger partial charge in [0.25, 0.3) is 0 Å². The molecule has 0 heterocycles. The molecule has 0 aliphatic heterocycles. The van der Waals surface area contributed by atoms with Crippen LogP contribution in [-0.2, 0) is 0 Å². The fourth-order valence-electron chi connectivity index (χ4n) is 1.76. The molecule has 18 heavy (non-hydrogen) atoms. The number of aryl methyl sites for hydroxylation is 1. The third-order valence-corrected chi connectivity index (χ3v) is 2.68. The number of hydrogen-bond donors (Lipinski definition) is 1. The van der Waals surface area contributed by atoms with Crippen LogP contribution in [0.5, 0.6) is 11.5 Å². The maximum Gasteiger partial charge on any atom is 0.162 e. The Hall–Kier alpha value is -1.22. The monoisotopic (exact) mass is 251 g/mol. The molecular formula is C15H25NO2. The summed E-state index contributed by atoms with van der Waals surface area (Å²) in [6.07, 6.45) is 1.13. The summed E-state index contributed by atoms with van der Waals surface area (Å²) in [5.74, 6) is 1.59. The van der Waals surface area contributed by atoms with Gasteiger partial charge < -0.3 is 14.8 Å². The lowest BCUT2D eigenvalue weighted by molar-refractivity contribution is 0.104. The van der Waals surface area contributed by atoms with Crippen LogP contribution in [0, 0.1) is 6.92 Å². The van der Waals surface area contributed by atoms with E-state index >= 15 is 0 Å². The first-order chi connectivity index (χ1) is 8.48. The highest BCUT2D eigenvalue weighted by Crippen LogP contribution is 2.30. The van der Waals surface area contributed by atoms with E-state index in [4.69, 9.17) is 9.47 Å². The topological polar surface area (TPSA) is 30.5 Å². The van der Waals surface area contributed by atoms with E-state index in [1.807, 2.05) is 25.1 Å². The molecule has 1 aromatic rings. The first kappa shape index (κ1) is 14.8. The molecule has 0 saturated heterocycles. The van der Waals surface area contributed by atoms with Gasteiger partial charge in [-0.05, 0) is 51.4 Å². The highest BCUT2D eigenvalue weighted by molar-refractivity contribution is 5.42. The molecule has 0 fully saturated rings. The van der Waals surface area contributed by atoms with Gasteiger partial charge in [-0.25, -0.2) is 0 Å². The lowest BCUT2D eigenvalue weighted by atomic mass is 10.1. The minimum Gasteiger partial charge on any atom is -0.493 e. The van der Waals surface area contributed by atoms with E-state index in [0.717, 1.165) is 31.0 Å². The average molecular weight is 251 g/mol. The summed E-state index contributed by atoms with van der Waals surface area (Å²) in [6, 6.07) is 5.99. The Morgan fingerprint density at radius 2 is 1.94 bits per heavy atom. The molecule has 0 bridgehead atoms. The number of hydrogen-bond acceptors (Lipinski definition) is 3. The SMILES string of the molecule is CCCNCC(C)(C)Oc1ccc(C)cc1OC. The van der Waals surface area contributed by atoms with Crippen molar-refractivity contribution in [3.05, 3.63) is 23.8 Å². The normalized spacial score (nSPS) is 11.4. The van der Waals surface area contributed by atoms with Crippen LogP contribution in [0.2, 0.25) is 0 Å². The summed E-state index contributed by atoms with van der Waals surface area (Å²) >= 11 is 0. The molecule has 1 aromatic carbocycles. The largest absolute Gasteiger partial charge is 0.493 e. The minimum atomic E-state index is -0.252. The van der Waals surface area contributed by atoms with Crippen molar-refractivity contribution >= 4 is 0 Å². The number of methoxy groups -OCH3 is 1. The Labute approximate surface area is 110 Å². The lowest BCUT2D eigenvalue weighted by Gasteiger charge is -2.27. The second-order valence-corrected chi connectivity index (χ2v) is 5.19. The van der Waals surface area contributed by atoms with E-state index in [0.29, 0.717) is 0 Å². The number of ether oxygens (including phenoxy) is 2. The maximum atomic E-state index is 6.04. The standard InChI is InChI=1S/C15H25NO2/c1-6-9-16-11-15(3,4)18-13-8-7-12(2)10-14(13)17-5/h7-8,10,16H,6,9,11H2,1-5H3. The number of benzene rings is 1. The molecule has 0 aromatic heterocycles. The predicted octanol–water partition coefficient (Wildman–Crippen LogP) is 3.16. The van der Waals surface area contributed by atoms with Gasteiger partial charge in [0.05, 0.1) is 7.11 Å². The van der Waals surface area contributed by atoms with E-state index in [2.05, 4.69) is 26.1 Å². The first-order valence-corrected chi connectivity index (χ1v) is 6.53. The molecule has 0 aliphatic carbocycles. The van der Waals surface area contributed by atoms with Gasteiger partial charge in [0.2, 0.25) is 0 Å². The van der Waals surface area contributed by atoms with Crippen LogP contribution in [-0.4, -0.2) is 25.8 Å². The second-order valence-electron chi connectivity index (χ2n) is 5.19. The molecule has 0 amide bonds. The van der Waals surface area contributed by atoms with Crippen LogP contribution in [0.1, 0.15) is 32.8 Å². The molecule has 0 atom stereocenters. The third kappa shape index (κ3) is 4.57. The van der Waals surface area contributed by atoms with Crippen LogP contribution >= 0.6 is 0 Å². The van der Waals surface area contributed by atoms with Crippen LogP contribution < -0.4 is 14.8 Å². The number of nitrogens with one attached hydrogen (secondary N) is 1. The maximum absolute atomic E-state index is 6.04. The van der Waals surface area contributed by atoms with Gasteiger partial charge >= 0.3 is 0 Å². The molecule has 102 valence electrons. The molecule has 1 rings (SSSR count). The summed E-state index contributed by atoms with van der Waals surface area (Å²) in [6.45, 7) is 10.2. The average Bonchev–Trinajstić information content (AvgIpc) is 2.31. The quantitative estimate of drug-likeness (QED) is 0.755. The summed E-state index contributed by atoms with van der Waals surface area (Å²) < 4.78 is 11.4. The fourth-order valence-corrected chi connectivity index (χ4v) is 1.76. The lowest BCUT2D eigenvalue weighted by Crippen LogP contribution is -2.40. The summed E-state index contributed by atoms with van der Waals surface area (Å²) in [4.78, 5) is 0. The smallest absolute Gasteiger partial charge is 0.162 e. The van der Waals surface area contributed by atoms with E-state index in [9.17, 15) is 0 Å². The second kappa shape index (κ2) is 6.64.